The van der Waals surface area contributed by atoms with Gasteiger partial charge in [0.25, 0.3) is 15.9 Å². The minimum atomic E-state index is -5.14. The number of amides is 1. The Labute approximate surface area is 249 Å². The van der Waals surface area contributed by atoms with Gasteiger partial charge in [0.05, 0.1) is 21.2 Å². The smallest absolute Gasteiger partial charge is 0.404 e. The van der Waals surface area contributed by atoms with Crippen molar-refractivity contribution in [1.82, 2.24) is 14.8 Å². The Morgan fingerprint density at radius 3 is 2.40 bits per heavy atom. The zero-order chi connectivity index (χ0) is 30.1. The first-order valence-electron chi connectivity index (χ1n) is 12.6. The van der Waals surface area contributed by atoms with E-state index in [4.69, 9.17) is 23.2 Å². The fourth-order valence-corrected chi connectivity index (χ4v) is 6.20. The van der Waals surface area contributed by atoms with Crippen LogP contribution in [0.25, 0.3) is 10.9 Å². The maximum atomic E-state index is 13.3. The number of piperazine rings is 1. The molecule has 0 spiro atoms. The van der Waals surface area contributed by atoms with Crippen molar-refractivity contribution < 1.29 is 31.1 Å². The summed E-state index contributed by atoms with van der Waals surface area (Å²) in [5.74, 6) is -1.37. The van der Waals surface area contributed by atoms with Gasteiger partial charge in [-0.25, -0.2) is 8.42 Å². The number of nitrogens with zero attached hydrogens (tertiary/aromatic N) is 3. The van der Waals surface area contributed by atoms with Crippen LogP contribution in [-0.4, -0.2) is 61.7 Å². The van der Waals surface area contributed by atoms with Gasteiger partial charge in [0.15, 0.2) is 5.75 Å². The van der Waals surface area contributed by atoms with E-state index in [1.54, 1.807) is 30.3 Å². The monoisotopic (exact) mass is 638 g/mol. The molecule has 1 aliphatic rings. The quantitative estimate of drug-likeness (QED) is 0.259. The van der Waals surface area contributed by atoms with Gasteiger partial charge in [0.2, 0.25) is 0 Å². The molecule has 3 aromatic carbocycles. The lowest BCUT2D eigenvalue weighted by molar-refractivity contribution is -0.274. The summed E-state index contributed by atoms with van der Waals surface area (Å²) in [6.07, 6.45) is -3.73. The second kappa shape index (κ2) is 12.0. The number of rotatable bonds is 7. The molecule has 220 valence electrons. The summed E-state index contributed by atoms with van der Waals surface area (Å²) < 4.78 is 72.7. The highest BCUT2D eigenvalue weighted by Crippen LogP contribution is 2.34. The summed E-state index contributed by atoms with van der Waals surface area (Å²) in [4.78, 5) is 20.7. The van der Waals surface area contributed by atoms with Gasteiger partial charge in [0, 0.05) is 49.9 Å². The Morgan fingerprint density at radius 2 is 1.69 bits per heavy atom. The second-order valence-corrected chi connectivity index (χ2v) is 12.0. The van der Waals surface area contributed by atoms with Crippen molar-refractivity contribution in [2.45, 2.75) is 17.8 Å². The van der Waals surface area contributed by atoms with Crippen LogP contribution in [0.1, 0.15) is 15.9 Å². The highest BCUT2D eigenvalue weighted by Gasteiger charge is 2.34. The molecule has 4 aromatic rings. The molecule has 5 rings (SSSR count). The van der Waals surface area contributed by atoms with Crippen molar-refractivity contribution in [3.8, 4) is 5.75 Å². The number of halogens is 5. The molecule has 42 heavy (non-hydrogen) atoms. The number of carbonyl (C=O) groups excluding carboxylic acids is 1. The lowest BCUT2D eigenvalue weighted by Gasteiger charge is -2.35. The van der Waals surface area contributed by atoms with Crippen LogP contribution < -0.4 is 9.46 Å². The molecule has 0 unspecified atom stereocenters. The Morgan fingerprint density at radius 1 is 0.952 bits per heavy atom. The van der Waals surface area contributed by atoms with Crippen LogP contribution in [0, 0.1) is 0 Å². The van der Waals surface area contributed by atoms with E-state index < -0.39 is 33.7 Å². The first-order chi connectivity index (χ1) is 19.9. The second-order valence-electron chi connectivity index (χ2n) is 9.51. The average Bonchev–Trinajstić information content (AvgIpc) is 2.95. The molecule has 0 bridgehead atoms. The predicted molar refractivity (Wildman–Crippen MR) is 153 cm³/mol. The summed E-state index contributed by atoms with van der Waals surface area (Å²) in [7, 11) is -4.39. The first kappa shape index (κ1) is 29.9. The molecule has 1 N–H and O–H groups in total. The van der Waals surface area contributed by atoms with Crippen molar-refractivity contribution in [3.63, 3.8) is 0 Å². The first-order valence-corrected chi connectivity index (χ1v) is 14.9. The van der Waals surface area contributed by atoms with E-state index in [9.17, 15) is 26.4 Å². The summed E-state index contributed by atoms with van der Waals surface area (Å²) in [6, 6.07) is 16.3. The van der Waals surface area contributed by atoms with Crippen molar-refractivity contribution >= 4 is 55.7 Å². The van der Waals surface area contributed by atoms with E-state index >= 15 is 0 Å². The van der Waals surface area contributed by atoms with Crippen molar-refractivity contribution in [2.24, 2.45) is 0 Å². The minimum absolute atomic E-state index is 0.0815. The molecule has 0 radical (unpaired) electrons. The molecule has 0 atom stereocenters. The molecule has 1 fully saturated rings. The zero-order valence-corrected chi connectivity index (χ0v) is 24.1. The Hall–Kier alpha value is -3.58. The van der Waals surface area contributed by atoms with E-state index in [1.807, 2.05) is 6.07 Å². The number of hydrogen-bond acceptors (Lipinski definition) is 6. The standard InChI is InChI=1S/C28H23Cl2F3N4O4S/c29-21-8-6-18(15-22(21)30)17-36-11-13-37(14-12-36)27(38)20-7-9-23(24(16-20)41-28(31,32)33)35-42(39,40)25-5-1-3-19-4-2-10-34-26(19)25/h1-10,15-16,35H,11-14,17H2. The number of nitrogens with one attached hydrogen (secondary N) is 1. The lowest BCUT2D eigenvalue weighted by atomic mass is 10.1. The molecule has 0 aliphatic carbocycles. The van der Waals surface area contributed by atoms with Crippen LogP contribution in [0.5, 0.6) is 5.75 Å². The molecule has 0 saturated carbocycles. The van der Waals surface area contributed by atoms with Crippen LogP contribution in [0.4, 0.5) is 18.9 Å². The SMILES string of the molecule is O=C(c1ccc(NS(=O)(=O)c2cccc3cccnc23)c(OC(F)(F)F)c1)N1CCN(Cc2ccc(Cl)c(Cl)c2)CC1. The number of alkyl halides is 3. The fourth-order valence-electron chi connectivity index (χ4n) is 4.63. The van der Waals surface area contributed by atoms with Gasteiger partial charge in [-0.3, -0.25) is 19.4 Å². The van der Waals surface area contributed by atoms with Crippen molar-refractivity contribution in [3.05, 3.63) is 94.1 Å². The van der Waals surface area contributed by atoms with Crippen molar-refractivity contribution in [1.29, 1.82) is 0 Å². The van der Waals surface area contributed by atoms with Gasteiger partial charge in [0.1, 0.15) is 4.90 Å². The molecule has 1 saturated heterocycles. The van der Waals surface area contributed by atoms with Crippen molar-refractivity contribution in [2.75, 3.05) is 30.9 Å². The number of sulfonamides is 1. The molecular weight excluding hydrogens is 616 g/mol. The number of para-hydroxylation sites is 1. The van der Waals surface area contributed by atoms with E-state index in [-0.39, 0.29) is 16.0 Å². The number of pyridine rings is 1. The van der Waals surface area contributed by atoms with E-state index in [0.717, 1.165) is 17.7 Å². The fraction of sp³-hybridized carbons (Fsp3) is 0.214. The largest absolute Gasteiger partial charge is 0.573 e. The molecule has 1 aliphatic heterocycles. The normalized spacial score (nSPS) is 14.6. The molecular formula is C28H23Cl2F3N4O4S. The molecule has 2 heterocycles. The predicted octanol–water partition coefficient (Wildman–Crippen LogP) is 6.20. The third-order valence-corrected chi connectivity index (χ3v) is 8.77. The maximum Gasteiger partial charge on any atom is 0.573 e. The molecule has 1 aromatic heterocycles. The van der Waals surface area contributed by atoms with Crippen LogP contribution in [0.15, 0.2) is 77.8 Å². The van der Waals surface area contributed by atoms with Crippen LogP contribution in [0.3, 0.4) is 0 Å². The summed E-state index contributed by atoms with van der Waals surface area (Å²) in [5.41, 5.74) is 0.538. The highest BCUT2D eigenvalue weighted by atomic mass is 35.5. The molecule has 14 heteroatoms. The van der Waals surface area contributed by atoms with Gasteiger partial charge < -0.3 is 9.64 Å². The van der Waals surface area contributed by atoms with Gasteiger partial charge in [-0.05, 0) is 48.0 Å². The summed E-state index contributed by atoms with van der Waals surface area (Å²) in [5, 5.41) is 1.43. The highest BCUT2D eigenvalue weighted by molar-refractivity contribution is 7.93. The number of fused-ring (bicyclic) bond motifs is 1. The van der Waals surface area contributed by atoms with Crippen LogP contribution >= 0.6 is 23.2 Å². The third-order valence-electron chi connectivity index (χ3n) is 6.63. The molecule has 1 amide bonds. The number of hydrogen-bond donors (Lipinski definition) is 1. The van der Waals surface area contributed by atoms with E-state index in [2.05, 4.69) is 19.3 Å². The van der Waals surface area contributed by atoms with Gasteiger partial charge in [-0.15, -0.1) is 13.2 Å². The lowest BCUT2D eigenvalue weighted by Crippen LogP contribution is -2.48. The topological polar surface area (TPSA) is 91.8 Å². The maximum absolute atomic E-state index is 13.3. The number of benzene rings is 3. The Bertz CT molecular complexity index is 1740. The zero-order valence-electron chi connectivity index (χ0n) is 21.7. The van der Waals surface area contributed by atoms with E-state index in [0.29, 0.717) is 48.2 Å². The van der Waals surface area contributed by atoms with E-state index in [1.165, 1.54) is 29.3 Å². The average molecular weight is 639 g/mol. The summed E-state index contributed by atoms with van der Waals surface area (Å²) >= 11 is 12.1. The van der Waals surface area contributed by atoms with Gasteiger partial charge in [-0.2, -0.15) is 0 Å². The number of carbonyl (C=O) groups is 1. The number of ether oxygens (including phenoxy) is 1. The Balaban J connectivity index is 1.33. The number of anilines is 1. The van der Waals surface area contributed by atoms with Crippen LogP contribution in [0.2, 0.25) is 10.0 Å². The third kappa shape index (κ3) is 6.89. The van der Waals surface area contributed by atoms with Gasteiger partial charge >= 0.3 is 6.36 Å². The Kier molecular flexibility index (Phi) is 8.51. The van der Waals surface area contributed by atoms with Gasteiger partial charge in [-0.1, -0.05) is 47.5 Å². The molecule has 8 nitrogen and oxygen atoms in total. The number of aromatic nitrogens is 1. The van der Waals surface area contributed by atoms with Crippen LogP contribution in [-0.2, 0) is 16.6 Å². The minimum Gasteiger partial charge on any atom is -0.404 e. The summed E-state index contributed by atoms with van der Waals surface area (Å²) in [6.45, 7) is 2.30.